The van der Waals surface area contributed by atoms with Gasteiger partial charge in [-0.15, -0.1) is 0 Å². The lowest BCUT2D eigenvalue weighted by atomic mass is 10.1. The standard InChI is InChI=1S/C16H15N7O3/c1-26-5-4-22-9-10(7-19-22)11-6-13(21-23-3-2-17-14(11)23)12-8-18-16(25)20-15(12)24/h2-3,6-9H,4-5H2,1H3,(H2,18,20,24,25). The fourth-order valence-electron chi connectivity index (χ4n) is 2.67. The number of H-pyrrole nitrogens is 2. The minimum absolute atomic E-state index is 0.258. The Labute approximate surface area is 146 Å². The normalized spacial score (nSPS) is 11.3. The third-order valence-corrected chi connectivity index (χ3v) is 3.92. The van der Waals surface area contributed by atoms with Gasteiger partial charge in [-0.05, 0) is 6.07 Å². The second-order valence-corrected chi connectivity index (χ2v) is 5.61. The number of rotatable bonds is 5. The van der Waals surface area contributed by atoms with Crippen molar-refractivity contribution >= 4 is 5.65 Å². The van der Waals surface area contributed by atoms with Gasteiger partial charge in [0.2, 0.25) is 0 Å². The van der Waals surface area contributed by atoms with E-state index >= 15 is 0 Å². The average molecular weight is 353 g/mol. The van der Waals surface area contributed by atoms with Crippen molar-refractivity contribution in [2.75, 3.05) is 13.7 Å². The van der Waals surface area contributed by atoms with Crippen LogP contribution in [0.4, 0.5) is 0 Å². The first-order valence-corrected chi connectivity index (χ1v) is 7.84. The molecule has 0 aliphatic carbocycles. The summed E-state index contributed by atoms with van der Waals surface area (Å²) in [5, 5.41) is 8.72. The number of aromatic nitrogens is 7. The van der Waals surface area contributed by atoms with Crippen LogP contribution in [-0.2, 0) is 11.3 Å². The Kier molecular flexibility index (Phi) is 3.93. The molecule has 0 aliphatic heterocycles. The van der Waals surface area contributed by atoms with Crippen molar-refractivity contribution in [1.29, 1.82) is 0 Å². The number of imidazole rings is 1. The van der Waals surface area contributed by atoms with E-state index in [4.69, 9.17) is 4.74 Å². The van der Waals surface area contributed by atoms with Gasteiger partial charge in [-0.25, -0.2) is 14.3 Å². The molecule has 132 valence electrons. The highest BCUT2D eigenvalue weighted by atomic mass is 16.5. The molecule has 0 atom stereocenters. The van der Waals surface area contributed by atoms with Crippen molar-refractivity contribution in [2.45, 2.75) is 6.54 Å². The summed E-state index contributed by atoms with van der Waals surface area (Å²) in [6, 6.07) is 1.75. The minimum atomic E-state index is -0.567. The summed E-state index contributed by atoms with van der Waals surface area (Å²) in [7, 11) is 1.63. The number of nitrogens with zero attached hydrogens (tertiary/aromatic N) is 5. The Morgan fingerprint density at radius 3 is 2.96 bits per heavy atom. The largest absolute Gasteiger partial charge is 0.383 e. The highest BCUT2D eigenvalue weighted by Crippen LogP contribution is 2.26. The van der Waals surface area contributed by atoms with Crippen LogP contribution in [0.3, 0.4) is 0 Å². The lowest BCUT2D eigenvalue weighted by molar-refractivity contribution is 0.183. The molecule has 0 aliphatic rings. The SMILES string of the molecule is COCCn1cc(-c2cc(-c3c[nH]c(=O)[nH]c3=O)nn3ccnc23)cn1. The number of aromatic amines is 2. The van der Waals surface area contributed by atoms with E-state index in [-0.39, 0.29) is 5.56 Å². The van der Waals surface area contributed by atoms with Gasteiger partial charge in [0.05, 0.1) is 30.6 Å². The second kappa shape index (κ2) is 6.41. The first kappa shape index (κ1) is 16.0. The van der Waals surface area contributed by atoms with E-state index in [0.717, 1.165) is 11.1 Å². The maximum absolute atomic E-state index is 12.1. The number of hydrogen-bond donors (Lipinski definition) is 2. The van der Waals surface area contributed by atoms with Crippen LogP contribution in [0.15, 0.2) is 46.6 Å². The van der Waals surface area contributed by atoms with Gasteiger partial charge >= 0.3 is 5.69 Å². The first-order chi connectivity index (χ1) is 12.7. The van der Waals surface area contributed by atoms with Crippen LogP contribution in [0.5, 0.6) is 0 Å². The number of nitrogens with one attached hydrogen (secondary N) is 2. The zero-order valence-corrected chi connectivity index (χ0v) is 13.8. The number of fused-ring (bicyclic) bond motifs is 1. The molecule has 0 unspecified atom stereocenters. The van der Waals surface area contributed by atoms with Crippen molar-refractivity contribution in [3.8, 4) is 22.4 Å². The van der Waals surface area contributed by atoms with E-state index in [1.54, 1.807) is 41.0 Å². The molecule has 4 aromatic rings. The van der Waals surface area contributed by atoms with Gasteiger partial charge in [-0.2, -0.15) is 10.2 Å². The van der Waals surface area contributed by atoms with Gasteiger partial charge in [-0.3, -0.25) is 14.5 Å². The summed E-state index contributed by atoms with van der Waals surface area (Å²) in [5.41, 5.74) is 1.84. The van der Waals surface area contributed by atoms with Gasteiger partial charge in [-0.1, -0.05) is 0 Å². The molecule has 0 spiro atoms. The van der Waals surface area contributed by atoms with Gasteiger partial charge in [0, 0.05) is 43.0 Å². The molecule has 10 heteroatoms. The molecule has 0 radical (unpaired) electrons. The molecular weight excluding hydrogens is 338 g/mol. The fourth-order valence-corrected chi connectivity index (χ4v) is 2.67. The molecule has 4 aromatic heterocycles. The molecule has 0 amide bonds. The summed E-state index contributed by atoms with van der Waals surface area (Å²) >= 11 is 0. The number of ether oxygens (including phenoxy) is 1. The van der Waals surface area contributed by atoms with Crippen molar-refractivity contribution < 1.29 is 4.74 Å². The summed E-state index contributed by atoms with van der Waals surface area (Å²) in [6.45, 7) is 1.17. The summed E-state index contributed by atoms with van der Waals surface area (Å²) in [6.07, 6.45) is 8.27. The Balaban J connectivity index is 1.86. The van der Waals surface area contributed by atoms with E-state index in [9.17, 15) is 9.59 Å². The van der Waals surface area contributed by atoms with E-state index in [1.807, 2.05) is 6.20 Å². The Morgan fingerprint density at radius 1 is 1.27 bits per heavy atom. The van der Waals surface area contributed by atoms with Crippen LogP contribution in [0, 0.1) is 0 Å². The smallest absolute Gasteiger partial charge is 0.325 e. The quantitative estimate of drug-likeness (QED) is 0.531. The van der Waals surface area contributed by atoms with Gasteiger partial charge in [0.1, 0.15) is 0 Å². The third-order valence-electron chi connectivity index (χ3n) is 3.92. The van der Waals surface area contributed by atoms with Crippen LogP contribution in [0.1, 0.15) is 0 Å². The molecule has 26 heavy (non-hydrogen) atoms. The molecule has 4 heterocycles. The number of hydrogen-bond acceptors (Lipinski definition) is 6. The minimum Gasteiger partial charge on any atom is -0.383 e. The molecule has 0 saturated carbocycles. The molecule has 4 rings (SSSR count). The van der Waals surface area contributed by atoms with Gasteiger partial charge in [0.25, 0.3) is 5.56 Å². The predicted molar refractivity (Wildman–Crippen MR) is 92.8 cm³/mol. The maximum atomic E-state index is 12.1. The number of methoxy groups -OCH3 is 1. The van der Waals surface area contributed by atoms with Crippen LogP contribution in [0.25, 0.3) is 28.0 Å². The van der Waals surface area contributed by atoms with Crippen molar-refractivity contribution in [2.24, 2.45) is 0 Å². The van der Waals surface area contributed by atoms with E-state index in [1.165, 1.54) is 6.20 Å². The Bertz CT molecular complexity index is 1180. The molecule has 0 fully saturated rings. The first-order valence-electron chi connectivity index (χ1n) is 7.84. The average Bonchev–Trinajstić information content (AvgIpc) is 3.28. The molecule has 2 N–H and O–H groups in total. The third kappa shape index (κ3) is 2.82. The lowest BCUT2D eigenvalue weighted by Gasteiger charge is -2.05. The lowest BCUT2D eigenvalue weighted by Crippen LogP contribution is -2.23. The van der Waals surface area contributed by atoms with Crippen LogP contribution in [0.2, 0.25) is 0 Å². The highest BCUT2D eigenvalue weighted by molar-refractivity contribution is 5.79. The van der Waals surface area contributed by atoms with Crippen LogP contribution < -0.4 is 11.2 Å². The summed E-state index contributed by atoms with van der Waals surface area (Å²) < 4.78 is 8.42. The van der Waals surface area contributed by atoms with E-state index < -0.39 is 11.2 Å². The molecule has 0 bridgehead atoms. The molecule has 10 nitrogen and oxygen atoms in total. The predicted octanol–water partition coefficient (Wildman–Crippen LogP) is 0.283. The Hall–Kier alpha value is -3.53. The highest BCUT2D eigenvalue weighted by Gasteiger charge is 2.14. The zero-order valence-electron chi connectivity index (χ0n) is 13.8. The van der Waals surface area contributed by atoms with E-state index in [0.29, 0.717) is 24.5 Å². The fraction of sp³-hybridized carbons (Fsp3) is 0.188. The van der Waals surface area contributed by atoms with Crippen LogP contribution >= 0.6 is 0 Å². The molecule has 0 saturated heterocycles. The van der Waals surface area contributed by atoms with Crippen LogP contribution in [-0.4, -0.2) is 48.1 Å². The van der Waals surface area contributed by atoms with Crippen molar-refractivity contribution in [3.05, 3.63) is 57.9 Å². The Morgan fingerprint density at radius 2 is 2.15 bits per heavy atom. The maximum Gasteiger partial charge on any atom is 0.325 e. The summed E-state index contributed by atoms with van der Waals surface area (Å²) in [5.74, 6) is 0. The van der Waals surface area contributed by atoms with Gasteiger partial charge < -0.3 is 9.72 Å². The van der Waals surface area contributed by atoms with E-state index in [2.05, 4.69) is 25.1 Å². The molecular formula is C16H15N7O3. The van der Waals surface area contributed by atoms with Gasteiger partial charge in [0.15, 0.2) is 5.65 Å². The zero-order chi connectivity index (χ0) is 18.1. The van der Waals surface area contributed by atoms with Crippen molar-refractivity contribution in [1.82, 2.24) is 34.3 Å². The monoisotopic (exact) mass is 353 g/mol. The second-order valence-electron chi connectivity index (χ2n) is 5.61. The van der Waals surface area contributed by atoms with Crippen molar-refractivity contribution in [3.63, 3.8) is 0 Å². The summed E-state index contributed by atoms with van der Waals surface area (Å²) in [4.78, 5) is 32.4. The molecule has 0 aromatic carbocycles. The topological polar surface area (TPSA) is 123 Å².